The van der Waals surface area contributed by atoms with Crippen molar-refractivity contribution in [3.8, 4) is 12.1 Å². The number of hydrogen-bond donors (Lipinski definition) is 1. The number of aromatic nitrogens is 1. The van der Waals surface area contributed by atoms with Crippen LogP contribution in [0.3, 0.4) is 0 Å². The topological polar surface area (TPSA) is 92.8 Å². The van der Waals surface area contributed by atoms with Gasteiger partial charge in [-0.1, -0.05) is 11.6 Å². The lowest BCUT2D eigenvalue weighted by molar-refractivity contribution is 0.0794. The van der Waals surface area contributed by atoms with Crippen LogP contribution < -0.4 is 5.32 Å². The zero-order valence-electron chi connectivity index (χ0n) is 10.4. The molecular formula is C12H12ClN5O. The molecule has 0 atom stereocenters. The molecule has 0 bridgehead atoms. The highest BCUT2D eigenvalue weighted by Crippen LogP contribution is 2.16. The van der Waals surface area contributed by atoms with Gasteiger partial charge in [0.2, 0.25) is 0 Å². The highest BCUT2D eigenvalue weighted by molar-refractivity contribution is 6.29. The number of halogens is 1. The van der Waals surface area contributed by atoms with Gasteiger partial charge in [-0.05, 0) is 19.1 Å². The van der Waals surface area contributed by atoms with E-state index in [0.717, 1.165) is 4.90 Å². The molecule has 1 N–H and O–H groups in total. The van der Waals surface area contributed by atoms with Crippen molar-refractivity contribution < 1.29 is 4.79 Å². The Hall–Kier alpha value is -2.31. The van der Waals surface area contributed by atoms with Crippen molar-refractivity contribution in [2.45, 2.75) is 6.92 Å². The smallest absolute Gasteiger partial charge is 0.255 e. The maximum atomic E-state index is 12.1. The summed E-state index contributed by atoms with van der Waals surface area (Å²) in [5, 5.41) is 20.4. The quantitative estimate of drug-likeness (QED) is 0.652. The summed E-state index contributed by atoms with van der Waals surface area (Å²) in [6, 6.07) is 6.65. The van der Waals surface area contributed by atoms with Crippen molar-refractivity contribution >= 4 is 23.3 Å². The van der Waals surface area contributed by atoms with Crippen LogP contribution in [0.25, 0.3) is 0 Å². The molecule has 0 unspecified atom stereocenters. The zero-order valence-corrected chi connectivity index (χ0v) is 11.1. The summed E-state index contributed by atoms with van der Waals surface area (Å²) in [6.45, 7) is 2.23. The van der Waals surface area contributed by atoms with Crippen LogP contribution in [0, 0.1) is 22.7 Å². The highest BCUT2D eigenvalue weighted by Gasteiger charge is 2.16. The lowest BCUT2D eigenvalue weighted by Gasteiger charge is -2.16. The lowest BCUT2D eigenvalue weighted by atomic mass is 10.2. The third-order valence-electron chi connectivity index (χ3n) is 2.21. The van der Waals surface area contributed by atoms with Gasteiger partial charge in [0.1, 0.15) is 24.1 Å². The Labute approximate surface area is 116 Å². The second kappa shape index (κ2) is 7.20. The van der Waals surface area contributed by atoms with Crippen molar-refractivity contribution in [2.75, 3.05) is 25.0 Å². The number of nitrogens with one attached hydrogen (secondary N) is 1. The van der Waals surface area contributed by atoms with Gasteiger partial charge < -0.3 is 10.2 Å². The van der Waals surface area contributed by atoms with Gasteiger partial charge in [-0.2, -0.15) is 10.5 Å². The molecule has 1 rings (SSSR count). The van der Waals surface area contributed by atoms with Crippen LogP contribution in [-0.2, 0) is 0 Å². The second-order valence-corrected chi connectivity index (χ2v) is 3.96. The second-order valence-electron chi connectivity index (χ2n) is 3.57. The average Bonchev–Trinajstić information content (AvgIpc) is 2.37. The lowest BCUT2D eigenvalue weighted by Crippen LogP contribution is -2.31. The molecule has 6 nitrogen and oxygen atoms in total. The van der Waals surface area contributed by atoms with Crippen LogP contribution in [0.4, 0.5) is 5.82 Å². The van der Waals surface area contributed by atoms with E-state index in [0.29, 0.717) is 17.9 Å². The van der Waals surface area contributed by atoms with Gasteiger partial charge in [-0.15, -0.1) is 0 Å². The van der Waals surface area contributed by atoms with Crippen molar-refractivity contribution in [3.05, 3.63) is 22.8 Å². The van der Waals surface area contributed by atoms with Crippen molar-refractivity contribution in [3.63, 3.8) is 0 Å². The number of carbonyl (C=O) groups excluding carboxylic acids is 1. The van der Waals surface area contributed by atoms with E-state index in [-0.39, 0.29) is 18.2 Å². The van der Waals surface area contributed by atoms with Gasteiger partial charge in [0.25, 0.3) is 5.91 Å². The number of nitrogens with zero attached hydrogens (tertiary/aromatic N) is 4. The van der Waals surface area contributed by atoms with E-state index in [1.807, 2.05) is 19.1 Å². The molecule has 0 saturated heterocycles. The number of rotatable bonds is 5. The molecule has 1 aromatic heterocycles. The largest absolute Gasteiger partial charge is 0.370 e. The van der Waals surface area contributed by atoms with Crippen molar-refractivity contribution in [2.24, 2.45) is 0 Å². The van der Waals surface area contributed by atoms with Crippen LogP contribution in [0.5, 0.6) is 0 Å². The Morgan fingerprint density at radius 1 is 1.42 bits per heavy atom. The Kier molecular flexibility index (Phi) is 5.59. The van der Waals surface area contributed by atoms with Crippen molar-refractivity contribution in [1.29, 1.82) is 10.5 Å². The number of pyridine rings is 1. The maximum absolute atomic E-state index is 12.1. The first-order chi connectivity index (χ1) is 9.12. The number of nitriles is 2. The number of hydrogen-bond acceptors (Lipinski definition) is 5. The predicted molar refractivity (Wildman–Crippen MR) is 70.5 cm³/mol. The van der Waals surface area contributed by atoms with E-state index in [9.17, 15) is 4.79 Å². The first-order valence-corrected chi connectivity index (χ1v) is 5.94. The fourth-order valence-corrected chi connectivity index (χ4v) is 1.65. The Morgan fingerprint density at radius 3 is 2.58 bits per heavy atom. The van der Waals surface area contributed by atoms with Gasteiger partial charge in [-0.3, -0.25) is 4.79 Å². The molecule has 0 aliphatic rings. The maximum Gasteiger partial charge on any atom is 0.255 e. The molecular weight excluding hydrogens is 266 g/mol. The van der Waals surface area contributed by atoms with E-state index >= 15 is 0 Å². The van der Waals surface area contributed by atoms with E-state index in [2.05, 4.69) is 10.3 Å². The molecule has 0 fully saturated rings. The van der Waals surface area contributed by atoms with Crippen LogP contribution >= 0.6 is 11.6 Å². The van der Waals surface area contributed by atoms with Gasteiger partial charge in [0, 0.05) is 12.1 Å². The van der Waals surface area contributed by atoms with Gasteiger partial charge in [-0.25, -0.2) is 4.98 Å². The first-order valence-electron chi connectivity index (χ1n) is 5.57. The summed E-state index contributed by atoms with van der Waals surface area (Å²) < 4.78 is 0. The Balaban J connectivity index is 3.04. The van der Waals surface area contributed by atoms with E-state index in [1.54, 1.807) is 6.07 Å². The van der Waals surface area contributed by atoms with Crippen LogP contribution in [-0.4, -0.2) is 35.4 Å². The Bertz CT molecular complexity index is 530. The molecule has 0 saturated carbocycles. The summed E-state index contributed by atoms with van der Waals surface area (Å²) in [6.07, 6.45) is 0. The standard InChI is InChI=1S/C12H12ClN5O/c1-2-16-11-8-9(7-10(13)17-11)12(19)18(5-3-14)6-4-15/h7-8H,2,5-6H2,1H3,(H,16,17). The SMILES string of the molecule is CCNc1cc(C(=O)N(CC#N)CC#N)cc(Cl)n1. The summed E-state index contributed by atoms with van der Waals surface area (Å²) in [4.78, 5) is 17.3. The molecule has 19 heavy (non-hydrogen) atoms. The average molecular weight is 278 g/mol. The predicted octanol–water partition coefficient (Wildman–Crippen LogP) is 1.66. The molecule has 1 heterocycles. The van der Waals surface area contributed by atoms with Gasteiger partial charge >= 0.3 is 0 Å². The minimum atomic E-state index is -0.424. The molecule has 0 aliphatic carbocycles. The van der Waals surface area contributed by atoms with Crippen LogP contribution in [0.1, 0.15) is 17.3 Å². The third kappa shape index (κ3) is 4.13. The molecule has 1 amide bonds. The molecule has 0 aromatic carbocycles. The zero-order chi connectivity index (χ0) is 14.3. The fourth-order valence-electron chi connectivity index (χ4n) is 1.44. The highest BCUT2D eigenvalue weighted by atomic mass is 35.5. The molecule has 0 radical (unpaired) electrons. The number of carbonyl (C=O) groups is 1. The Morgan fingerprint density at radius 2 is 2.05 bits per heavy atom. The van der Waals surface area contributed by atoms with Gasteiger partial charge in [0.15, 0.2) is 0 Å². The minimum Gasteiger partial charge on any atom is -0.370 e. The van der Waals surface area contributed by atoms with E-state index in [1.165, 1.54) is 6.07 Å². The third-order valence-corrected chi connectivity index (χ3v) is 2.40. The first kappa shape index (κ1) is 14.7. The summed E-state index contributed by atoms with van der Waals surface area (Å²) in [5.41, 5.74) is 0.293. The fraction of sp³-hybridized carbons (Fsp3) is 0.333. The normalized spacial score (nSPS) is 9.26. The summed E-state index contributed by atoms with van der Waals surface area (Å²) in [7, 11) is 0. The summed E-state index contributed by atoms with van der Waals surface area (Å²) in [5.74, 6) is 0.0544. The molecule has 7 heteroatoms. The molecule has 0 spiro atoms. The van der Waals surface area contributed by atoms with Crippen LogP contribution in [0.2, 0.25) is 5.15 Å². The minimum absolute atomic E-state index is 0.150. The number of anilines is 1. The molecule has 98 valence electrons. The van der Waals surface area contributed by atoms with E-state index < -0.39 is 5.91 Å². The molecule has 1 aromatic rings. The van der Waals surface area contributed by atoms with Crippen molar-refractivity contribution in [1.82, 2.24) is 9.88 Å². The number of amides is 1. The molecule has 0 aliphatic heterocycles. The summed E-state index contributed by atoms with van der Waals surface area (Å²) >= 11 is 5.84. The van der Waals surface area contributed by atoms with E-state index in [4.69, 9.17) is 22.1 Å². The van der Waals surface area contributed by atoms with Crippen LogP contribution in [0.15, 0.2) is 12.1 Å². The monoisotopic (exact) mass is 277 g/mol. The van der Waals surface area contributed by atoms with Gasteiger partial charge in [0.05, 0.1) is 12.1 Å².